The van der Waals surface area contributed by atoms with Crippen molar-refractivity contribution in [3.63, 3.8) is 0 Å². The first kappa shape index (κ1) is 10.3. The lowest BCUT2D eigenvalue weighted by Crippen LogP contribution is -2.42. The highest BCUT2D eigenvalue weighted by molar-refractivity contribution is 7.96. The highest BCUT2D eigenvalue weighted by Gasteiger charge is 2.30. The maximum absolute atomic E-state index is 9.62. The highest BCUT2D eigenvalue weighted by atomic mass is 32.2. The molecule has 0 aliphatic carbocycles. The topological polar surface area (TPSA) is 35.5 Å². The smallest absolute Gasteiger partial charge is 0.0842 e. The van der Waals surface area contributed by atoms with Crippen LogP contribution in [-0.2, 0) is 0 Å². The molecule has 0 bridgehead atoms. The zero-order valence-corrected chi connectivity index (χ0v) is 8.77. The fourth-order valence-electron chi connectivity index (χ4n) is 1.49. The molecular weight excluding hydrogens is 172 g/mol. The molecule has 1 aliphatic rings. The lowest BCUT2D eigenvalue weighted by molar-refractivity contribution is 0.156. The molecule has 1 fully saturated rings. The van der Waals surface area contributed by atoms with E-state index in [4.69, 9.17) is 0 Å². The van der Waals surface area contributed by atoms with Crippen molar-refractivity contribution in [3.8, 4) is 0 Å². The van der Waals surface area contributed by atoms with Crippen LogP contribution in [0.15, 0.2) is 0 Å². The molecule has 1 saturated heterocycles. The summed E-state index contributed by atoms with van der Waals surface area (Å²) in [7, 11) is 0. The molecule has 0 saturated carbocycles. The molecule has 0 unspecified atom stereocenters. The number of hydrogen-bond donors (Lipinski definition) is 2. The maximum Gasteiger partial charge on any atom is 0.0842 e. The van der Waals surface area contributed by atoms with Gasteiger partial charge in [0.1, 0.15) is 0 Å². The summed E-state index contributed by atoms with van der Waals surface area (Å²) < 4.78 is 2.19. The van der Waals surface area contributed by atoms with Gasteiger partial charge in [-0.3, -0.25) is 0 Å². The van der Waals surface area contributed by atoms with Gasteiger partial charge in [0, 0.05) is 25.2 Å². The Morgan fingerprint density at radius 1 is 1.50 bits per heavy atom. The third-order valence-electron chi connectivity index (χ3n) is 2.06. The Balaban J connectivity index is 2.35. The molecule has 1 heterocycles. The molecule has 0 amide bonds. The van der Waals surface area contributed by atoms with Crippen LogP contribution in [0.25, 0.3) is 0 Å². The summed E-state index contributed by atoms with van der Waals surface area (Å²) in [5.74, 6) is 0. The summed E-state index contributed by atoms with van der Waals surface area (Å²) in [6.45, 7) is 5.94. The predicted molar refractivity (Wildman–Crippen MR) is 53.2 cm³/mol. The number of nitrogens with zero attached hydrogens (tertiary/aromatic N) is 1. The molecule has 12 heavy (non-hydrogen) atoms. The van der Waals surface area contributed by atoms with Crippen LogP contribution in [0.1, 0.15) is 13.8 Å². The number of nitrogens with one attached hydrogen (secondary N) is 1. The number of aliphatic hydroxyl groups excluding tert-OH is 1. The van der Waals surface area contributed by atoms with Crippen LogP contribution in [0.4, 0.5) is 0 Å². The monoisotopic (exact) mass is 190 g/mol. The second-order valence-corrected chi connectivity index (χ2v) is 4.41. The summed E-state index contributed by atoms with van der Waals surface area (Å²) in [6.07, 6.45) is 1.84. The van der Waals surface area contributed by atoms with Crippen molar-refractivity contribution in [1.29, 1.82) is 0 Å². The van der Waals surface area contributed by atoms with E-state index in [-0.39, 0.29) is 12.1 Å². The molecule has 2 atom stereocenters. The van der Waals surface area contributed by atoms with Gasteiger partial charge in [0.25, 0.3) is 0 Å². The quantitative estimate of drug-likeness (QED) is 0.628. The number of aliphatic hydroxyl groups is 1. The minimum atomic E-state index is -0.208. The minimum Gasteiger partial charge on any atom is -0.390 e. The van der Waals surface area contributed by atoms with Gasteiger partial charge in [0.15, 0.2) is 0 Å². The Labute approximate surface area is 78.7 Å². The van der Waals surface area contributed by atoms with Gasteiger partial charge >= 0.3 is 0 Å². The summed E-state index contributed by atoms with van der Waals surface area (Å²) in [5, 5.41) is 13.0. The average molecular weight is 190 g/mol. The van der Waals surface area contributed by atoms with Crippen LogP contribution < -0.4 is 5.32 Å². The molecule has 0 aromatic heterocycles. The number of rotatable bonds is 3. The summed E-state index contributed by atoms with van der Waals surface area (Å²) >= 11 is 1.70. The van der Waals surface area contributed by atoms with Crippen molar-refractivity contribution < 1.29 is 5.11 Å². The van der Waals surface area contributed by atoms with Crippen molar-refractivity contribution in [2.45, 2.75) is 32.0 Å². The molecule has 72 valence electrons. The van der Waals surface area contributed by atoms with Gasteiger partial charge in [-0.05, 0) is 6.26 Å². The zero-order chi connectivity index (χ0) is 9.14. The summed E-state index contributed by atoms with van der Waals surface area (Å²) in [4.78, 5) is 0. The van der Waals surface area contributed by atoms with Gasteiger partial charge < -0.3 is 10.4 Å². The average Bonchev–Trinajstić information content (AvgIpc) is 2.31. The van der Waals surface area contributed by atoms with Crippen LogP contribution >= 0.6 is 11.9 Å². The van der Waals surface area contributed by atoms with E-state index in [2.05, 4.69) is 23.5 Å². The van der Waals surface area contributed by atoms with Crippen molar-refractivity contribution in [1.82, 2.24) is 9.62 Å². The third kappa shape index (κ3) is 2.62. The molecule has 1 rings (SSSR count). The second kappa shape index (κ2) is 4.46. The van der Waals surface area contributed by atoms with Crippen LogP contribution in [0.3, 0.4) is 0 Å². The fourth-order valence-corrected chi connectivity index (χ4v) is 2.10. The largest absolute Gasteiger partial charge is 0.390 e. The Bertz CT molecular complexity index is 143. The van der Waals surface area contributed by atoms with Crippen LogP contribution in [-0.4, -0.2) is 46.9 Å². The molecular formula is C8H18N2OS. The van der Waals surface area contributed by atoms with E-state index in [9.17, 15) is 5.11 Å². The van der Waals surface area contributed by atoms with Crippen molar-refractivity contribution in [2.24, 2.45) is 0 Å². The van der Waals surface area contributed by atoms with E-state index in [0.29, 0.717) is 6.04 Å². The zero-order valence-electron chi connectivity index (χ0n) is 7.95. The first-order valence-electron chi connectivity index (χ1n) is 4.36. The SMILES string of the molecule is CSN1C[C@H](NC(C)C)[C@@H](O)C1. The van der Waals surface area contributed by atoms with E-state index >= 15 is 0 Å². The van der Waals surface area contributed by atoms with E-state index in [1.807, 2.05) is 6.26 Å². The molecule has 2 N–H and O–H groups in total. The minimum absolute atomic E-state index is 0.208. The molecule has 1 aliphatic heterocycles. The number of hydrogen-bond acceptors (Lipinski definition) is 4. The van der Waals surface area contributed by atoms with E-state index < -0.39 is 0 Å². The summed E-state index contributed by atoms with van der Waals surface area (Å²) in [5.41, 5.74) is 0. The van der Waals surface area contributed by atoms with Gasteiger partial charge in [-0.15, -0.1) is 0 Å². The first-order chi connectivity index (χ1) is 5.63. The Hall–Kier alpha value is 0.230. The van der Waals surface area contributed by atoms with Gasteiger partial charge in [0.2, 0.25) is 0 Å². The van der Waals surface area contributed by atoms with Crippen LogP contribution in [0.5, 0.6) is 0 Å². The van der Waals surface area contributed by atoms with Crippen LogP contribution in [0.2, 0.25) is 0 Å². The van der Waals surface area contributed by atoms with E-state index in [0.717, 1.165) is 13.1 Å². The van der Waals surface area contributed by atoms with Crippen molar-refractivity contribution >= 4 is 11.9 Å². The molecule has 0 spiro atoms. The predicted octanol–water partition coefficient (Wildman–Crippen LogP) is 0.308. The fraction of sp³-hybridized carbons (Fsp3) is 1.00. The Morgan fingerprint density at radius 2 is 2.17 bits per heavy atom. The molecule has 3 nitrogen and oxygen atoms in total. The first-order valence-corrected chi connectivity index (χ1v) is 5.55. The molecule has 4 heteroatoms. The van der Waals surface area contributed by atoms with Gasteiger partial charge in [-0.1, -0.05) is 25.8 Å². The molecule has 0 radical (unpaired) electrons. The van der Waals surface area contributed by atoms with Crippen molar-refractivity contribution in [3.05, 3.63) is 0 Å². The standard InChI is InChI=1S/C8H18N2OS/c1-6(2)9-7-4-10(12-3)5-8(7)11/h6-9,11H,4-5H2,1-3H3/t7-,8-/m0/s1. The lowest BCUT2D eigenvalue weighted by Gasteiger charge is -2.18. The van der Waals surface area contributed by atoms with E-state index in [1.165, 1.54) is 0 Å². The van der Waals surface area contributed by atoms with Crippen LogP contribution in [0, 0.1) is 0 Å². The number of β-amino-alcohol motifs (C(OH)–C–C–N with tert-alkyl or cyclic N) is 1. The normalized spacial score (nSPS) is 31.8. The van der Waals surface area contributed by atoms with E-state index in [1.54, 1.807) is 11.9 Å². The van der Waals surface area contributed by atoms with Gasteiger partial charge in [-0.25, -0.2) is 4.31 Å². The maximum atomic E-state index is 9.62. The van der Waals surface area contributed by atoms with Crippen molar-refractivity contribution in [2.75, 3.05) is 19.3 Å². The van der Waals surface area contributed by atoms with Gasteiger partial charge in [0.05, 0.1) is 6.10 Å². The summed E-state index contributed by atoms with van der Waals surface area (Å²) in [6, 6.07) is 0.698. The Kier molecular flexibility index (Phi) is 3.83. The lowest BCUT2D eigenvalue weighted by atomic mass is 10.2. The molecule has 0 aromatic rings. The van der Waals surface area contributed by atoms with Gasteiger partial charge in [-0.2, -0.15) is 0 Å². The third-order valence-corrected chi connectivity index (χ3v) is 2.88. The Morgan fingerprint density at radius 3 is 2.58 bits per heavy atom. The highest BCUT2D eigenvalue weighted by Crippen LogP contribution is 2.17. The molecule has 0 aromatic carbocycles. The second-order valence-electron chi connectivity index (χ2n) is 3.52.